The van der Waals surface area contributed by atoms with E-state index >= 15 is 0 Å². The molecule has 0 aliphatic carbocycles. The lowest BCUT2D eigenvalue weighted by Gasteiger charge is -2.04. The normalized spacial score (nSPS) is 10.1. The van der Waals surface area contributed by atoms with E-state index in [-0.39, 0.29) is 0 Å². The van der Waals surface area contributed by atoms with Crippen LogP contribution >= 0.6 is 0 Å². The molecule has 0 aliphatic heterocycles. The van der Waals surface area contributed by atoms with Gasteiger partial charge in [-0.05, 0) is 13.3 Å². The molecule has 3 nitrogen and oxygen atoms in total. The standard InChI is InChI=1S/C8H12N2O/c1-4-8-7(3)10(11)5-6(2)9-8/h5H,4H2,1-3H3. The molecular formula is C8H12N2O. The molecule has 0 spiro atoms. The Hall–Kier alpha value is -1.12. The largest absolute Gasteiger partial charge is 0.618 e. The summed E-state index contributed by atoms with van der Waals surface area (Å²) in [6.07, 6.45) is 2.31. The summed E-state index contributed by atoms with van der Waals surface area (Å²) >= 11 is 0. The Balaban J connectivity index is 3.24. The average molecular weight is 152 g/mol. The lowest BCUT2D eigenvalue weighted by atomic mass is 10.2. The minimum absolute atomic E-state index is 0.707. The zero-order chi connectivity index (χ0) is 8.43. The number of rotatable bonds is 1. The fourth-order valence-electron chi connectivity index (χ4n) is 1.05. The van der Waals surface area contributed by atoms with Crippen LogP contribution in [-0.4, -0.2) is 4.98 Å². The first-order valence-electron chi connectivity index (χ1n) is 3.71. The molecule has 1 aromatic rings. The van der Waals surface area contributed by atoms with Gasteiger partial charge in [0.2, 0.25) is 11.9 Å². The Morgan fingerprint density at radius 3 is 2.73 bits per heavy atom. The zero-order valence-electron chi connectivity index (χ0n) is 7.09. The summed E-state index contributed by atoms with van der Waals surface area (Å²) < 4.78 is 0.876. The van der Waals surface area contributed by atoms with Crippen LogP contribution in [0, 0.1) is 19.1 Å². The van der Waals surface area contributed by atoms with Crippen LogP contribution in [-0.2, 0) is 6.42 Å². The Kier molecular flexibility index (Phi) is 2.08. The molecule has 0 fully saturated rings. The van der Waals surface area contributed by atoms with E-state index in [9.17, 15) is 5.21 Å². The quantitative estimate of drug-likeness (QED) is 0.443. The molecule has 0 aromatic carbocycles. The molecule has 0 amide bonds. The molecule has 60 valence electrons. The van der Waals surface area contributed by atoms with E-state index < -0.39 is 0 Å². The second-order valence-electron chi connectivity index (χ2n) is 2.59. The van der Waals surface area contributed by atoms with Crippen molar-refractivity contribution in [2.24, 2.45) is 0 Å². The summed E-state index contributed by atoms with van der Waals surface area (Å²) in [7, 11) is 0. The topological polar surface area (TPSA) is 39.8 Å². The predicted molar refractivity (Wildman–Crippen MR) is 42.0 cm³/mol. The molecule has 1 rings (SSSR count). The third-order valence-electron chi connectivity index (χ3n) is 1.70. The van der Waals surface area contributed by atoms with E-state index in [2.05, 4.69) is 4.98 Å². The maximum atomic E-state index is 11.1. The lowest BCUT2D eigenvalue weighted by Crippen LogP contribution is -2.32. The van der Waals surface area contributed by atoms with Crippen LogP contribution in [0.25, 0.3) is 0 Å². The summed E-state index contributed by atoms with van der Waals surface area (Å²) in [5, 5.41) is 11.1. The van der Waals surface area contributed by atoms with E-state index in [0.717, 1.165) is 22.5 Å². The van der Waals surface area contributed by atoms with Crippen molar-refractivity contribution in [3.8, 4) is 0 Å². The molecule has 0 saturated carbocycles. The molecule has 0 N–H and O–H groups in total. The van der Waals surface area contributed by atoms with Crippen LogP contribution in [0.1, 0.15) is 24.0 Å². The Bertz CT molecular complexity index is 271. The van der Waals surface area contributed by atoms with Crippen molar-refractivity contribution in [1.82, 2.24) is 4.98 Å². The van der Waals surface area contributed by atoms with E-state index in [4.69, 9.17) is 0 Å². The smallest absolute Gasteiger partial charge is 0.211 e. The van der Waals surface area contributed by atoms with Crippen LogP contribution in [0.4, 0.5) is 0 Å². The van der Waals surface area contributed by atoms with E-state index in [1.165, 1.54) is 6.20 Å². The number of aryl methyl sites for hydroxylation is 2. The second-order valence-corrected chi connectivity index (χ2v) is 2.59. The summed E-state index contributed by atoms with van der Waals surface area (Å²) in [5.74, 6) is 0. The third kappa shape index (κ3) is 1.48. The highest BCUT2D eigenvalue weighted by atomic mass is 16.5. The van der Waals surface area contributed by atoms with Crippen LogP contribution < -0.4 is 4.73 Å². The fourth-order valence-corrected chi connectivity index (χ4v) is 1.05. The van der Waals surface area contributed by atoms with Crippen LogP contribution in [0.5, 0.6) is 0 Å². The molecule has 1 heterocycles. The number of aromatic nitrogens is 2. The lowest BCUT2D eigenvalue weighted by molar-refractivity contribution is -0.613. The van der Waals surface area contributed by atoms with E-state index in [0.29, 0.717) is 5.69 Å². The molecule has 1 aromatic heterocycles. The molecule has 11 heavy (non-hydrogen) atoms. The summed E-state index contributed by atoms with van der Waals surface area (Å²) in [4.78, 5) is 4.23. The molecule has 0 unspecified atom stereocenters. The van der Waals surface area contributed by atoms with Gasteiger partial charge < -0.3 is 5.21 Å². The van der Waals surface area contributed by atoms with Crippen LogP contribution in [0.15, 0.2) is 6.20 Å². The molecule has 0 aliphatic rings. The maximum absolute atomic E-state index is 11.1. The molecule has 0 atom stereocenters. The van der Waals surface area contributed by atoms with Gasteiger partial charge in [0.1, 0.15) is 11.4 Å². The average Bonchev–Trinajstić information content (AvgIpc) is 1.96. The van der Waals surface area contributed by atoms with Gasteiger partial charge in [-0.25, -0.2) is 4.98 Å². The Morgan fingerprint density at radius 2 is 2.18 bits per heavy atom. The minimum atomic E-state index is 0.707. The summed E-state index contributed by atoms with van der Waals surface area (Å²) in [6, 6.07) is 0. The summed E-state index contributed by atoms with van der Waals surface area (Å²) in [5.41, 5.74) is 2.38. The van der Waals surface area contributed by atoms with Gasteiger partial charge in [0, 0.05) is 6.92 Å². The molecule has 0 saturated heterocycles. The Morgan fingerprint density at radius 1 is 1.55 bits per heavy atom. The predicted octanol–water partition coefficient (Wildman–Crippen LogP) is 0.894. The highest BCUT2D eigenvalue weighted by molar-refractivity contribution is 5.06. The van der Waals surface area contributed by atoms with Gasteiger partial charge in [0.25, 0.3) is 0 Å². The SMILES string of the molecule is CCc1nc(C)c[n+]([O-])c1C. The van der Waals surface area contributed by atoms with Crippen molar-refractivity contribution in [3.05, 3.63) is 28.5 Å². The van der Waals surface area contributed by atoms with Crippen molar-refractivity contribution >= 4 is 0 Å². The van der Waals surface area contributed by atoms with Crippen molar-refractivity contribution < 1.29 is 4.73 Å². The first-order valence-corrected chi connectivity index (χ1v) is 3.71. The van der Waals surface area contributed by atoms with Gasteiger partial charge >= 0.3 is 0 Å². The first-order chi connectivity index (χ1) is 5.15. The number of hydrogen-bond acceptors (Lipinski definition) is 2. The molecular weight excluding hydrogens is 140 g/mol. The zero-order valence-corrected chi connectivity index (χ0v) is 7.09. The fraction of sp³-hybridized carbons (Fsp3) is 0.500. The van der Waals surface area contributed by atoms with E-state index in [1.807, 2.05) is 13.8 Å². The van der Waals surface area contributed by atoms with Crippen molar-refractivity contribution in [2.45, 2.75) is 27.2 Å². The van der Waals surface area contributed by atoms with E-state index in [1.54, 1.807) is 6.92 Å². The first kappa shape index (κ1) is 7.98. The molecule has 0 bridgehead atoms. The van der Waals surface area contributed by atoms with Gasteiger partial charge in [0.05, 0.1) is 0 Å². The van der Waals surface area contributed by atoms with Gasteiger partial charge in [-0.2, -0.15) is 4.73 Å². The molecule has 0 radical (unpaired) electrons. The molecule has 3 heteroatoms. The van der Waals surface area contributed by atoms with Gasteiger partial charge in [-0.1, -0.05) is 6.92 Å². The van der Waals surface area contributed by atoms with Gasteiger partial charge in [0.15, 0.2) is 0 Å². The van der Waals surface area contributed by atoms with Gasteiger partial charge in [-0.3, -0.25) is 0 Å². The summed E-state index contributed by atoms with van der Waals surface area (Å²) in [6.45, 7) is 5.61. The highest BCUT2D eigenvalue weighted by Gasteiger charge is 2.07. The van der Waals surface area contributed by atoms with Crippen molar-refractivity contribution in [3.63, 3.8) is 0 Å². The number of hydrogen-bond donors (Lipinski definition) is 0. The van der Waals surface area contributed by atoms with Gasteiger partial charge in [-0.15, -0.1) is 0 Å². The maximum Gasteiger partial charge on any atom is 0.211 e. The van der Waals surface area contributed by atoms with Crippen molar-refractivity contribution in [2.75, 3.05) is 0 Å². The number of nitrogens with zero attached hydrogens (tertiary/aromatic N) is 2. The van der Waals surface area contributed by atoms with Crippen molar-refractivity contribution in [1.29, 1.82) is 0 Å². The second kappa shape index (κ2) is 2.86. The van der Waals surface area contributed by atoms with Crippen LogP contribution in [0.2, 0.25) is 0 Å². The Labute approximate surface area is 66.3 Å². The highest BCUT2D eigenvalue weighted by Crippen LogP contribution is 2.00. The van der Waals surface area contributed by atoms with Crippen LogP contribution in [0.3, 0.4) is 0 Å². The third-order valence-corrected chi connectivity index (χ3v) is 1.70. The monoisotopic (exact) mass is 152 g/mol. The minimum Gasteiger partial charge on any atom is -0.618 e.